The zero-order valence-electron chi connectivity index (χ0n) is 10.3. The molecule has 0 aliphatic heterocycles. The molecule has 100 valence electrons. The van der Waals surface area contributed by atoms with E-state index in [4.69, 9.17) is 32.7 Å². The summed E-state index contributed by atoms with van der Waals surface area (Å²) in [6.07, 6.45) is 2.43. The van der Waals surface area contributed by atoms with Gasteiger partial charge in [0, 0.05) is 30.8 Å². The average Bonchev–Trinajstić information content (AvgIpc) is 3.15. The van der Waals surface area contributed by atoms with Crippen molar-refractivity contribution in [1.82, 2.24) is 5.32 Å². The summed E-state index contributed by atoms with van der Waals surface area (Å²) in [6.45, 7) is 1.27. The molecule has 0 spiro atoms. The summed E-state index contributed by atoms with van der Waals surface area (Å²) < 4.78 is 11.0. The summed E-state index contributed by atoms with van der Waals surface area (Å²) in [5.74, 6) is 0.601. The van der Waals surface area contributed by atoms with Crippen LogP contribution in [-0.4, -0.2) is 32.4 Å². The van der Waals surface area contributed by atoms with Gasteiger partial charge in [-0.3, -0.25) is 0 Å². The van der Waals surface area contributed by atoms with Crippen LogP contribution in [0.1, 0.15) is 12.8 Å². The van der Waals surface area contributed by atoms with E-state index in [0.29, 0.717) is 28.4 Å². The van der Waals surface area contributed by atoms with Gasteiger partial charge >= 0.3 is 0 Å². The molecule has 1 atom stereocenters. The van der Waals surface area contributed by atoms with E-state index in [1.807, 2.05) is 0 Å². The van der Waals surface area contributed by atoms with Gasteiger partial charge in [0.15, 0.2) is 0 Å². The summed E-state index contributed by atoms with van der Waals surface area (Å²) in [6, 6.07) is 5.84. The van der Waals surface area contributed by atoms with Gasteiger partial charge in [-0.25, -0.2) is 0 Å². The Balaban J connectivity index is 1.94. The first-order valence-electron chi connectivity index (χ1n) is 6.03. The van der Waals surface area contributed by atoms with E-state index >= 15 is 0 Å². The van der Waals surface area contributed by atoms with Crippen molar-refractivity contribution in [3.63, 3.8) is 0 Å². The van der Waals surface area contributed by atoms with Gasteiger partial charge in [0.25, 0.3) is 0 Å². The molecule has 1 aromatic rings. The molecule has 2 rings (SSSR count). The predicted molar refractivity (Wildman–Crippen MR) is 73.8 cm³/mol. The highest BCUT2D eigenvalue weighted by Crippen LogP contribution is 2.28. The summed E-state index contributed by atoms with van der Waals surface area (Å²) >= 11 is 12.0. The molecule has 1 aromatic carbocycles. The highest BCUT2D eigenvalue weighted by molar-refractivity contribution is 6.34. The zero-order chi connectivity index (χ0) is 13.0. The van der Waals surface area contributed by atoms with Crippen molar-refractivity contribution in [3.05, 3.63) is 28.2 Å². The van der Waals surface area contributed by atoms with E-state index in [0.717, 1.165) is 6.54 Å². The molecular weight excluding hydrogens is 273 g/mol. The third-order valence-corrected chi connectivity index (χ3v) is 3.30. The minimum Gasteiger partial charge on any atom is -0.485 e. The third-order valence-electron chi connectivity index (χ3n) is 2.75. The van der Waals surface area contributed by atoms with Gasteiger partial charge in [0.2, 0.25) is 0 Å². The highest BCUT2D eigenvalue weighted by Gasteiger charge is 2.22. The van der Waals surface area contributed by atoms with Crippen LogP contribution in [0.4, 0.5) is 0 Å². The van der Waals surface area contributed by atoms with Crippen LogP contribution in [0.2, 0.25) is 10.0 Å². The van der Waals surface area contributed by atoms with E-state index in [1.54, 1.807) is 25.3 Å². The average molecular weight is 290 g/mol. The number of halogens is 2. The monoisotopic (exact) mass is 289 g/mol. The van der Waals surface area contributed by atoms with Crippen molar-refractivity contribution < 1.29 is 9.47 Å². The minimum atomic E-state index is -0.0634. The van der Waals surface area contributed by atoms with Crippen LogP contribution in [0.5, 0.6) is 5.75 Å². The van der Waals surface area contributed by atoms with Gasteiger partial charge in [0.1, 0.15) is 11.9 Å². The summed E-state index contributed by atoms with van der Waals surface area (Å²) in [4.78, 5) is 0. The molecule has 0 heterocycles. The quantitative estimate of drug-likeness (QED) is 0.837. The number of nitrogens with one attached hydrogen (secondary N) is 1. The Labute approximate surface area is 117 Å². The van der Waals surface area contributed by atoms with Crippen LogP contribution in [-0.2, 0) is 4.74 Å². The molecule has 0 saturated heterocycles. The topological polar surface area (TPSA) is 30.5 Å². The lowest BCUT2D eigenvalue weighted by Crippen LogP contribution is -2.36. The van der Waals surface area contributed by atoms with Gasteiger partial charge in [-0.15, -0.1) is 0 Å². The molecule has 1 N–H and O–H groups in total. The standard InChI is InChI=1S/C13H17Cl2NO2/c1-17-8-11(7-16-10-3-4-10)18-13-6-9(14)2-5-12(13)15/h2,5-6,10-11,16H,3-4,7-8H2,1H3. The molecule has 5 heteroatoms. The van der Waals surface area contributed by atoms with E-state index < -0.39 is 0 Å². The molecule has 1 unspecified atom stereocenters. The zero-order valence-corrected chi connectivity index (χ0v) is 11.8. The molecule has 0 aromatic heterocycles. The molecule has 3 nitrogen and oxygen atoms in total. The summed E-state index contributed by atoms with van der Waals surface area (Å²) in [7, 11) is 1.66. The summed E-state index contributed by atoms with van der Waals surface area (Å²) in [5, 5.41) is 4.59. The number of rotatable bonds is 7. The molecule has 0 amide bonds. The van der Waals surface area contributed by atoms with Crippen LogP contribution in [0, 0.1) is 0 Å². The second-order valence-corrected chi connectivity index (χ2v) is 5.30. The van der Waals surface area contributed by atoms with Gasteiger partial charge in [0.05, 0.1) is 11.6 Å². The fourth-order valence-corrected chi connectivity index (χ4v) is 1.98. The van der Waals surface area contributed by atoms with Crippen LogP contribution in [0.25, 0.3) is 0 Å². The largest absolute Gasteiger partial charge is 0.485 e. The van der Waals surface area contributed by atoms with Crippen LogP contribution >= 0.6 is 23.2 Å². The molecule has 1 aliphatic rings. The number of methoxy groups -OCH3 is 1. The maximum atomic E-state index is 6.07. The molecule has 1 fully saturated rings. The lowest BCUT2D eigenvalue weighted by atomic mass is 10.3. The van der Waals surface area contributed by atoms with E-state index in [9.17, 15) is 0 Å². The number of hydrogen-bond donors (Lipinski definition) is 1. The van der Waals surface area contributed by atoms with Crippen LogP contribution in [0.3, 0.4) is 0 Å². The van der Waals surface area contributed by atoms with Crippen molar-refractivity contribution in [1.29, 1.82) is 0 Å². The smallest absolute Gasteiger partial charge is 0.139 e. The third kappa shape index (κ3) is 4.32. The maximum Gasteiger partial charge on any atom is 0.139 e. The fourth-order valence-electron chi connectivity index (χ4n) is 1.65. The number of benzene rings is 1. The first-order valence-corrected chi connectivity index (χ1v) is 6.78. The van der Waals surface area contributed by atoms with Crippen molar-refractivity contribution in [3.8, 4) is 5.75 Å². The Morgan fingerprint density at radius 3 is 2.83 bits per heavy atom. The molecule has 1 saturated carbocycles. The second kappa shape index (κ2) is 6.62. The van der Waals surface area contributed by atoms with Gasteiger partial charge in [-0.2, -0.15) is 0 Å². The van der Waals surface area contributed by atoms with Gasteiger partial charge < -0.3 is 14.8 Å². The molecule has 1 aliphatic carbocycles. The van der Waals surface area contributed by atoms with Crippen LogP contribution < -0.4 is 10.1 Å². The van der Waals surface area contributed by atoms with Crippen molar-refractivity contribution >= 4 is 23.2 Å². The number of hydrogen-bond acceptors (Lipinski definition) is 3. The highest BCUT2D eigenvalue weighted by atomic mass is 35.5. The van der Waals surface area contributed by atoms with Crippen LogP contribution in [0.15, 0.2) is 18.2 Å². The van der Waals surface area contributed by atoms with E-state index in [-0.39, 0.29) is 6.10 Å². The Bertz CT molecular complexity index is 397. The SMILES string of the molecule is COCC(CNC1CC1)Oc1cc(Cl)ccc1Cl. The van der Waals surface area contributed by atoms with Crippen molar-refractivity contribution in [2.75, 3.05) is 20.3 Å². The Kier molecular flexibility index (Phi) is 5.13. The Hall–Kier alpha value is -0.480. The van der Waals surface area contributed by atoms with Gasteiger partial charge in [-0.1, -0.05) is 23.2 Å². The molecule has 18 heavy (non-hydrogen) atoms. The van der Waals surface area contributed by atoms with Crippen molar-refractivity contribution in [2.45, 2.75) is 25.0 Å². The number of ether oxygens (including phenoxy) is 2. The maximum absolute atomic E-state index is 6.07. The summed E-state index contributed by atoms with van der Waals surface area (Å²) in [5.41, 5.74) is 0. The van der Waals surface area contributed by atoms with Crippen molar-refractivity contribution in [2.24, 2.45) is 0 Å². The van der Waals surface area contributed by atoms with E-state index in [1.165, 1.54) is 12.8 Å². The lowest BCUT2D eigenvalue weighted by molar-refractivity contribution is 0.0804. The first kappa shape index (κ1) is 13.9. The normalized spacial score (nSPS) is 16.6. The fraction of sp³-hybridized carbons (Fsp3) is 0.538. The second-order valence-electron chi connectivity index (χ2n) is 4.45. The predicted octanol–water partition coefficient (Wildman–Crippen LogP) is 3.14. The Morgan fingerprint density at radius 2 is 2.17 bits per heavy atom. The lowest BCUT2D eigenvalue weighted by Gasteiger charge is -2.19. The molecular formula is C13H17Cl2NO2. The van der Waals surface area contributed by atoms with Gasteiger partial charge in [-0.05, 0) is 25.0 Å². The minimum absolute atomic E-state index is 0.0634. The molecule has 0 radical (unpaired) electrons. The van der Waals surface area contributed by atoms with E-state index in [2.05, 4.69) is 5.32 Å². The Morgan fingerprint density at radius 1 is 1.39 bits per heavy atom. The molecule has 0 bridgehead atoms. The first-order chi connectivity index (χ1) is 8.69.